The van der Waals surface area contributed by atoms with Gasteiger partial charge in [0, 0.05) is 23.0 Å². The van der Waals surface area contributed by atoms with Crippen molar-refractivity contribution in [1.82, 2.24) is 5.32 Å². The number of anilines is 2. The second-order valence-electron chi connectivity index (χ2n) is 4.13. The molecule has 1 aliphatic rings. The van der Waals surface area contributed by atoms with Crippen molar-refractivity contribution in [2.45, 2.75) is 13.0 Å². The van der Waals surface area contributed by atoms with Crippen molar-refractivity contribution < 1.29 is 0 Å². The Morgan fingerprint density at radius 3 is 2.82 bits per heavy atom. The van der Waals surface area contributed by atoms with Crippen LogP contribution < -0.4 is 16.8 Å². The van der Waals surface area contributed by atoms with Gasteiger partial charge in [-0.1, -0.05) is 6.08 Å². The van der Waals surface area contributed by atoms with Crippen LogP contribution in [0.2, 0.25) is 0 Å². The first-order chi connectivity index (χ1) is 8.08. The summed E-state index contributed by atoms with van der Waals surface area (Å²) in [5, 5.41) is 11.3. The molecule has 17 heavy (non-hydrogen) atoms. The Morgan fingerprint density at radius 1 is 1.35 bits per heavy atom. The Hall–Kier alpha value is -2.23. The second-order valence-corrected chi connectivity index (χ2v) is 4.13. The molecular formula is C13H16N4. The van der Waals surface area contributed by atoms with E-state index in [0.29, 0.717) is 22.6 Å². The summed E-state index contributed by atoms with van der Waals surface area (Å²) >= 11 is 0. The molecule has 0 bridgehead atoms. The van der Waals surface area contributed by atoms with Crippen molar-refractivity contribution in [3.05, 3.63) is 47.7 Å². The topological polar surface area (TPSA) is 87.9 Å². The lowest BCUT2D eigenvalue weighted by atomic mass is 9.97. The normalized spacial score (nSPS) is 18.4. The van der Waals surface area contributed by atoms with Crippen molar-refractivity contribution in [3.63, 3.8) is 0 Å². The molecule has 1 atom stereocenters. The summed E-state index contributed by atoms with van der Waals surface area (Å²) in [6.45, 7) is 2.03. The lowest BCUT2D eigenvalue weighted by Crippen LogP contribution is -2.23. The largest absolute Gasteiger partial charge is 0.399 e. The Balaban J connectivity index is 2.37. The van der Waals surface area contributed by atoms with E-state index < -0.39 is 0 Å². The first kappa shape index (κ1) is 11.3. The van der Waals surface area contributed by atoms with Crippen LogP contribution in [0.4, 0.5) is 11.4 Å². The van der Waals surface area contributed by atoms with Gasteiger partial charge in [0.25, 0.3) is 0 Å². The summed E-state index contributed by atoms with van der Waals surface area (Å²) < 4.78 is 0. The molecule has 0 spiro atoms. The molecule has 0 saturated heterocycles. The van der Waals surface area contributed by atoms with Gasteiger partial charge >= 0.3 is 0 Å². The van der Waals surface area contributed by atoms with Crippen molar-refractivity contribution >= 4 is 17.1 Å². The van der Waals surface area contributed by atoms with Crippen LogP contribution in [0.3, 0.4) is 0 Å². The predicted octanol–water partition coefficient (Wildman–Crippen LogP) is 1.65. The number of hydrogen-bond acceptors (Lipinski definition) is 4. The number of hydrogen-bond donors (Lipinski definition) is 4. The highest BCUT2D eigenvalue weighted by Gasteiger charge is 2.12. The number of allylic oxidation sites excluding steroid dienone is 2. The summed E-state index contributed by atoms with van der Waals surface area (Å²) in [4.78, 5) is 0. The minimum absolute atomic E-state index is 0.220. The van der Waals surface area contributed by atoms with Crippen LogP contribution >= 0.6 is 0 Å². The van der Waals surface area contributed by atoms with E-state index in [0.717, 1.165) is 5.57 Å². The highest BCUT2D eigenvalue weighted by atomic mass is 14.9. The van der Waals surface area contributed by atoms with Crippen molar-refractivity contribution in [1.29, 1.82) is 5.41 Å². The van der Waals surface area contributed by atoms with E-state index in [4.69, 9.17) is 16.9 Å². The lowest BCUT2D eigenvalue weighted by Gasteiger charge is -2.16. The summed E-state index contributed by atoms with van der Waals surface area (Å²) in [6, 6.07) is 5.42. The maximum atomic E-state index is 8.17. The first-order valence-corrected chi connectivity index (χ1v) is 5.46. The predicted molar refractivity (Wildman–Crippen MR) is 71.9 cm³/mol. The number of nitrogens with two attached hydrogens (primary N) is 2. The van der Waals surface area contributed by atoms with Gasteiger partial charge < -0.3 is 16.8 Å². The highest BCUT2D eigenvalue weighted by Crippen LogP contribution is 2.20. The van der Waals surface area contributed by atoms with Crippen LogP contribution in [-0.4, -0.2) is 11.8 Å². The summed E-state index contributed by atoms with van der Waals surface area (Å²) in [5.41, 5.74) is 14.7. The molecule has 1 aromatic carbocycles. The molecule has 0 radical (unpaired) electrons. The Bertz CT molecular complexity index is 514. The minimum atomic E-state index is 0.220. The van der Waals surface area contributed by atoms with Crippen LogP contribution in [-0.2, 0) is 0 Å². The van der Waals surface area contributed by atoms with Gasteiger partial charge in [0.15, 0.2) is 0 Å². The summed E-state index contributed by atoms with van der Waals surface area (Å²) in [6.07, 6.45) is 5.70. The third kappa shape index (κ3) is 2.30. The van der Waals surface area contributed by atoms with Gasteiger partial charge in [0.2, 0.25) is 0 Å². The smallest absolute Gasteiger partial charge is 0.0704 e. The van der Waals surface area contributed by atoms with Gasteiger partial charge in [-0.3, -0.25) is 5.41 Å². The van der Waals surface area contributed by atoms with Gasteiger partial charge in [-0.15, -0.1) is 0 Å². The van der Waals surface area contributed by atoms with Crippen LogP contribution in [0.25, 0.3) is 0 Å². The highest BCUT2D eigenvalue weighted by molar-refractivity contribution is 6.15. The molecule has 1 unspecified atom stereocenters. The zero-order chi connectivity index (χ0) is 12.4. The summed E-state index contributed by atoms with van der Waals surface area (Å²) in [7, 11) is 0. The second kappa shape index (κ2) is 4.33. The fraction of sp³-hybridized carbons (Fsp3) is 0.154. The zero-order valence-corrected chi connectivity index (χ0v) is 9.70. The SMILES string of the molecule is CC1C=C(C(=N)c2cc(N)ccc2N)C=CN1. The minimum Gasteiger partial charge on any atom is -0.399 e. The molecule has 1 aliphatic heterocycles. The molecule has 0 fully saturated rings. The third-order valence-electron chi connectivity index (χ3n) is 2.69. The zero-order valence-electron chi connectivity index (χ0n) is 9.70. The molecule has 1 heterocycles. The van der Waals surface area contributed by atoms with Gasteiger partial charge in [-0.25, -0.2) is 0 Å². The molecular weight excluding hydrogens is 212 g/mol. The lowest BCUT2D eigenvalue weighted by molar-refractivity contribution is 0.757. The van der Waals surface area contributed by atoms with Crippen LogP contribution in [0, 0.1) is 5.41 Å². The molecule has 6 N–H and O–H groups in total. The molecule has 4 nitrogen and oxygen atoms in total. The number of benzene rings is 1. The molecule has 88 valence electrons. The van der Waals surface area contributed by atoms with Crippen LogP contribution in [0.1, 0.15) is 12.5 Å². The molecule has 0 amide bonds. The first-order valence-electron chi connectivity index (χ1n) is 5.46. The van der Waals surface area contributed by atoms with Crippen molar-refractivity contribution in [2.24, 2.45) is 0 Å². The molecule has 0 aromatic heterocycles. The Labute approximate surface area is 101 Å². The molecule has 2 rings (SSSR count). The van der Waals surface area contributed by atoms with E-state index in [9.17, 15) is 0 Å². The van der Waals surface area contributed by atoms with Crippen molar-refractivity contribution in [2.75, 3.05) is 11.5 Å². The molecule has 4 heteroatoms. The van der Waals surface area contributed by atoms with E-state index in [1.165, 1.54) is 0 Å². The van der Waals surface area contributed by atoms with Gasteiger partial charge in [-0.05, 0) is 43.0 Å². The van der Waals surface area contributed by atoms with Gasteiger partial charge in [0.1, 0.15) is 0 Å². The molecule has 0 saturated carbocycles. The third-order valence-corrected chi connectivity index (χ3v) is 2.69. The molecule has 0 aliphatic carbocycles. The standard InChI is InChI=1S/C13H16N4/c1-8-6-9(4-5-17-8)13(16)11-7-10(14)2-3-12(11)15/h2-8,16-17H,14-15H2,1H3. The average molecular weight is 228 g/mol. The number of nitrogens with one attached hydrogen (secondary N) is 2. The maximum absolute atomic E-state index is 8.17. The maximum Gasteiger partial charge on any atom is 0.0704 e. The molecule has 1 aromatic rings. The van der Waals surface area contributed by atoms with Crippen LogP contribution in [0.5, 0.6) is 0 Å². The quantitative estimate of drug-likeness (QED) is 0.458. The van der Waals surface area contributed by atoms with E-state index >= 15 is 0 Å². The monoisotopic (exact) mass is 228 g/mol. The fourth-order valence-electron chi connectivity index (χ4n) is 1.78. The number of dihydropyridines is 1. The van der Waals surface area contributed by atoms with E-state index in [-0.39, 0.29) is 6.04 Å². The Kier molecular flexibility index (Phi) is 2.87. The van der Waals surface area contributed by atoms with E-state index in [1.807, 2.05) is 25.3 Å². The van der Waals surface area contributed by atoms with Gasteiger partial charge in [0.05, 0.1) is 5.71 Å². The van der Waals surface area contributed by atoms with E-state index in [2.05, 4.69) is 5.32 Å². The van der Waals surface area contributed by atoms with Gasteiger partial charge in [-0.2, -0.15) is 0 Å². The Morgan fingerprint density at radius 2 is 2.12 bits per heavy atom. The van der Waals surface area contributed by atoms with Crippen LogP contribution in [0.15, 0.2) is 42.1 Å². The summed E-state index contributed by atoms with van der Waals surface area (Å²) in [5.74, 6) is 0. The van der Waals surface area contributed by atoms with Crippen molar-refractivity contribution in [3.8, 4) is 0 Å². The van der Waals surface area contributed by atoms with E-state index in [1.54, 1.807) is 18.2 Å². The number of rotatable bonds is 2. The number of nitrogen functional groups attached to an aromatic ring is 2. The average Bonchev–Trinajstić information content (AvgIpc) is 2.31. The fourth-order valence-corrected chi connectivity index (χ4v) is 1.78.